The zero-order valence-corrected chi connectivity index (χ0v) is 16.8. The number of carbonyl (C=O) groups excluding carboxylic acids is 2. The Morgan fingerprint density at radius 1 is 1.33 bits per heavy atom. The highest BCUT2D eigenvalue weighted by atomic mass is 35.5. The first kappa shape index (κ1) is 21.1. The van der Waals surface area contributed by atoms with Gasteiger partial charge in [-0.3, -0.25) is 19.7 Å². The van der Waals surface area contributed by atoms with Gasteiger partial charge in [0.2, 0.25) is 0 Å². The number of nitrogens with zero attached hydrogens (tertiary/aromatic N) is 5. The van der Waals surface area contributed by atoms with Crippen molar-refractivity contribution in [3.63, 3.8) is 0 Å². The number of anilines is 1. The molecule has 30 heavy (non-hydrogen) atoms. The molecular weight excluding hydrogens is 416 g/mol. The standard InChI is InChI=1S/C18H17ClN6O5/c1-10-13(11(2)24-18(22-10)20-9-21-24)4-6-17(27)30-8-16(26)23-14-5-3-12(19)7-15(14)25(28)29/h3,5,7,9H,4,6,8H2,1-2H3,(H,23,26). The summed E-state index contributed by atoms with van der Waals surface area (Å²) in [5.74, 6) is -0.815. The molecule has 1 aromatic carbocycles. The smallest absolute Gasteiger partial charge is 0.306 e. The first-order valence-electron chi connectivity index (χ1n) is 8.81. The van der Waals surface area contributed by atoms with Crippen molar-refractivity contribution >= 4 is 40.6 Å². The number of ether oxygens (including phenoxy) is 1. The van der Waals surface area contributed by atoms with Gasteiger partial charge in [-0.15, -0.1) is 0 Å². The van der Waals surface area contributed by atoms with Crippen LogP contribution in [0.15, 0.2) is 24.5 Å². The van der Waals surface area contributed by atoms with Crippen molar-refractivity contribution in [1.82, 2.24) is 19.6 Å². The monoisotopic (exact) mass is 432 g/mol. The minimum Gasteiger partial charge on any atom is -0.456 e. The van der Waals surface area contributed by atoms with E-state index in [2.05, 4.69) is 20.4 Å². The van der Waals surface area contributed by atoms with Crippen molar-refractivity contribution in [3.8, 4) is 0 Å². The summed E-state index contributed by atoms with van der Waals surface area (Å²) in [4.78, 5) is 42.8. The van der Waals surface area contributed by atoms with E-state index in [1.807, 2.05) is 13.8 Å². The molecular formula is C18H17ClN6O5. The van der Waals surface area contributed by atoms with Gasteiger partial charge in [-0.05, 0) is 38.0 Å². The SMILES string of the molecule is Cc1nc2ncnn2c(C)c1CCC(=O)OCC(=O)Nc1ccc(Cl)cc1[N+](=O)[O-]. The molecule has 0 bridgehead atoms. The van der Waals surface area contributed by atoms with Gasteiger partial charge in [-0.2, -0.15) is 10.1 Å². The highest BCUT2D eigenvalue weighted by Gasteiger charge is 2.18. The third-order valence-corrected chi connectivity index (χ3v) is 4.60. The number of hydrogen-bond acceptors (Lipinski definition) is 8. The van der Waals surface area contributed by atoms with E-state index < -0.39 is 23.4 Å². The van der Waals surface area contributed by atoms with Gasteiger partial charge in [-0.1, -0.05) is 11.6 Å². The number of benzene rings is 1. The van der Waals surface area contributed by atoms with Crippen molar-refractivity contribution < 1.29 is 19.2 Å². The van der Waals surface area contributed by atoms with E-state index in [1.165, 1.54) is 18.5 Å². The number of fused-ring (bicyclic) bond motifs is 1. The lowest BCUT2D eigenvalue weighted by Crippen LogP contribution is -2.21. The average molecular weight is 433 g/mol. The summed E-state index contributed by atoms with van der Waals surface area (Å²) in [5, 5.41) is 17.6. The van der Waals surface area contributed by atoms with Gasteiger partial charge in [-0.25, -0.2) is 9.50 Å². The fourth-order valence-electron chi connectivity index (χ4n) is 2.91. The molecule has 3 rings (SSSR count). The maximum atomic E-state index is 12.0. The second-order valence-electron chi connectivity index (χ2n) is 6.36. The lowest BCUT2D eigenvalue weighted by atomic mass is 10.1. The second kappa shape index (κ2) is 8.82. The summed E-state index contributed by atoms with van der Waals surface area (Å²) in [6.45, 7) is 3.09. The molecule has 0 aliphatic rings. The topological polar surface area (TPSA) is 142 Å². The number of hydrogen-bond donors (Lipinski definition) is 1. The van der Waals surface area contributed by atoms with E-state index in [0.29, 0.717) is 12.2 Å². The number of aromatic nitrogens is 4. The first-order valence-corrected chi connectivity index (χ1v) is 9.19. The Bertz CT molecular complexity index is 1150. The Kier molecular flexibility index (Phi) is 6.21. The summed E-state index contributed by atoms with van der Waals surface area (Å²) < 4.78 is 6.56. The average Bonchev–Trinajstić information content (AvgIpc) is 3.16. The van der Waals surface area contributed by atoms with E-state index in [4.69, 9.17) is 16.3 Å². The molecule has 156 valence electrons. The van der Waals surface area contributed by atoms with Crippen molar-refractivity contribution in [2.75, 3.05) is 11.9 Å². The minimum atomic E-state index is -0.702. The Morgan fingerprint density at radius 2 is 2.10 bits per heavy atom. The Hall–Kier alpha value is -3.60. The molecule has 0 unspecified atom stereocenters. The summed E-state index contributed by atoms with van der Waals surface area (Å²) in [6.07, 6.45) is 1.78. The van der Waals surface area contributed by atoms with Crippen molar-refractivity contribution in [2.24, 2.45) is 0 Å². The number of aryl methyl sites for hydroxylation is 2. The third kappa shape index (κ3) is 4.69. The largest absolute Gasteiger partial charge is 0.456 e. The zero-order chi connectivity index (χ0) is 21.8. The lowest BCUT2D eigenvalue weighted by Gasteiger charge is -2.10. The maximum absolute atomic E-state index is 12.0. The number of amides is 1. The minimum absolute atomic E-state index is 0.0257. The van der Waals surface area contributed by atoms with Crippen LogP contribution in [0.1, 0.15) is 23.4 Å². The van der Waals surface area contributed by atoms with Gasteiger partial charge >= 0.3 is 5.97 Å². The number of nitro benzene ring substituents is 1. The number of halogens is 1. The molecule has 0 aliphatic heterocycles. The molecule has 2 aromatic heterocycles. The van der Waals surface area contributed by atoms with Crippen LogP contribution < -0.4 is 5.32 Å². The molecule has 0 saturated heterocycles. The van der Waals surface area contributed by atoms with Gasteiger partial charge in [0.15, 0.2) is 6.61 Å². The van der Waals surface area contributed by atoms with Crippen molar-refractivity contribution in [2.45, 2.75) is 26.7 Å². The number of nitro groups is 1. The third-order valence-electron chi connectivity index (χ3n) is 4.36. The van der Waals surface area contributed by atoms with E-state index >= 15 is 0 Å². The normalized spacial score (nSPS) is 10.8. The fourth-order valence-corrected chi connectivity index (χ4v) is 3.08. The molecule has 0 fully saturated rings. The van der Waals surface area contributed by atoms with E-state index in [1.54, 1.807) is 4.52 Å². The Balaban J connectivity index is 1.55. The van der Waals surface area contributed by atoms with Crippen LogP contribution in [0, 0.1) is 24.0 Å². The van der Waals surface area contributed by atoms with Gasteiger partial charge in [0.25, 0.3) is 17.4 Å². The predicted molar refractivity (Wildman–Crippen MR) is 106 cm³/mol. The number of nitrogens with one attached hydrogen (secondary N) is 1. The van der Waals surface area contributed by atoms with Crippen LogP contribution in [0.2, 0.25) is 5.02 Å². The lowest BCUT2D eigenvalue weighted by molar-refractivity contribution is -0.383. The number of rotatable bonds is 7. The van der Waals surface area contributed by atoms with E-state index in [0.717, 1.165) is 23.0 Å². The quantitative estimate of drug-likeness (QED) is 0.340. The summed E-state index contributed by atoms with van der Waals surface area (Å²) in [7, 11) is 0. The fraction of sp³-hybridized carbons (Fsp3) is 0.278. The Labute approximate surface area is 175 Å². The molecule has 0 saturated carbocycles. The van der Waals surface area contributed by atoms with Gasteiger partial charge in [0.05, 0.1) is 4.92 Å². The second-order valence-corrected chi connectivity index (χ2v) is 6.80. The molecule has 0 aliphatic carbocycles. The summed E-state index contributed by atoms with van der Waals surface area (Å²) >= 11 is 5.73. The van der Waals surface area contributed by atoms with Crippen LogP contribution in [0.4, 0.5) is 11.4 Å². The molecule has 2 heterocycles. The van der Waals surface area contributed by atoms with Crippen LogP contribution in [0.3, 0.4) is 0 Å². The molecule has 1 amide bonds. The molecule has 1 N–H and O–H groups in total. The molecule has 0 atom stereocenters. The van der Waals surface area contributed by atoms with Crippen LogP contribution in [-0.2, 0) is 20.7 Å². The van der Waals surface area contributed by atoms with Crippen LogP contribution >= 0.6 is 11.6 Å². The zero-order valence-electron chi connectivity index (χ0n) is 16.1. The highest BCUT2D eigenvalue weighted by molar-refractivity contribution is 6.31. The molecule has 12 heteroatoms. The summed E-state index contributed by atoms with van der Waals surface area (Å²) in [5.41, 5.74) is 1.99. The molecule has 11 nitrogen and oxygen atoms in total. The first-order chi connectivity index (χ1) is 14.3. The molecule has 0 spiro atoms. The predicted octanol–water partition coefficient (Wildman–Crippen LogP) is 2.42. The number of esters is 1. The number of carbonyl (C=O) groups is 2. The summed E-state index contributed by atoms with van der Waals surface area (Å²) in [6, 6.07) is 3.83. The van der Waals surface area contributed by atoms with Gasteiger partial charge < -0.3 is 10.1 Å². The van der Waals surface area contributed by atoms with Crippen molar-refractivity contribution in [3.05, 3.63) is 56.6 Å². The van der Waals surface area contributed by atoms with Crippen LogP contribution in [0.5, 0.6) is 0 Å². The van der Waals surface area contributed by atoms with Gasteiger partial charge in [0, 0.05) is 28.9 Å². The van der Waals surface area contributed by atoms with E-state index in [9.17, 15) is 19.7 Å². The van der Waals surface area contributed by atoms with Crippen molar-refractivity contribution in [1.29, 1.82) is 0 Å². The highest BCUT2D eigenvalue weighted by Crippen LogP contribution is 2.27. The molecule has 3 aromatic rings. The van der Waals surface area contributed by atoms with E-state index in [-0.39, 0.29) is 22.8 Å². The van der Waals surface area contributed by atoms with Crippen LogP contribution in [0.25, 0.3) is 5.78 Å². The molecule has 0 radical (unpaired) electrons. The van der Waals surface area contributed by atoms with Gasteiger partial charge in [0.1, 0.15) is 12.0 Å². The Morgan fingerprint density at radius 3 is 2.83 bits per heavy atom. The maximum Gasteiger partial charge on any atom is 0.306 e. The van der Waals surface area contributed by atoms with Crippen LogP contribution in [-0.4, -0.2) is 43.0 Å².